The normalized spacial score (nSPS) is 11.5. The van der Waals surface area contributed by atoms with Crippen molar-refractivity contribution in [3.63, 3.8) is 0 Å². The maximum Gasteiger partial charge on any atom is 0.282 e. The standard InChI is InChI=1S/C26H16Br2ClN3O3/c1-2-9-34-24-19(27)10-15(11-20(24)28)14-30-32-25(31-21-6-4-3-5-18(21)26(32)33)23-13-16-12-17(29)7-8-22(16)35-23/h2-8,10-14H,1,9H2. The van der Waals surface area contributed by atoms with Gasteiger partial charge in [0.1, 0.15) is 17.9 Å². The van der Waals surface area contributed by atoms with Gasteiger partial charge in [0, 0.05) is 10.4 Å². The average molecular weight is 614 g/mol. The van der Waals surface area contributed by atoms with Crippen molar-refractivity contribution in [2.24, 2.45) is 5.10 Å². The summed E-state index contributed by atoms with van der Waals surface area (Å²) in [5, 5.41) is 6.33. The number of hydrogen-bond acceptors (Lipinski definition) is 5. The van der Waals surface area contributed by atoms with Crippen LogP contribution >= 0.6 is 43.5 Å². The molecule has 35 heavy (non-hydrogen) atoms. The van der Waals surface area contributed by atoms with Gasteiger partial charge in [0.15, 0.2) is 5.76 Å². The van der Waals surface area contributed by atoms with Crippen LogP contribution in [0.4, 0.5) is 0 Å². The summed E-state index contributed by atoms with van der Waals surface area (Å²) >= 11 is 13.2. The van der Waals surface area contributed by atoms with Crippen molar-refractivity contribution < 1.29 is 9.15 Å². The molecule has 3 aromatic carbocycles. The summed E-state index contributed by atoms with van der Waals surface area (Å²) in [5.74, 6) is 1.33. The summed E-state index contributed by atoms with van der Waals surface area (Å²) in [7, 11) is 0. The minimum atomic E-state index is -0.315. The maximum absolute atomic E-state index is 13.4. The number of para-hydroxylation sites is 1. The lowest BCUT2D eigenvalue weighted by molar-refractivity contribution is 0.358. The second-order valence-electron chi connectivity index (χ2n) is 7.52. The van der Waals surface area contributed by atoms with Crippen molar-refractivity contribution in [2.75, 3.05) is 6.61 Å². The number of benzene rings is 3. The molecule has 0 saturated carbocycles. The summed E-state index contributed by atoms with van der Waals surface area (Å²) in [5.41, 5.74) is 1.60. The van der Waals surface area contributed by atoms with E-state index < -0.39 is 0 Å². The van der Waals surface area contributed by atoms with E-state index in [4.69, 9.17) is 25.7 Å². The summed E-state index contributed by atoms with van der Waals surface area (Å²) in [6.45, 7) is 4.04. The zero-order chi connectivity index (χ0) is 24.5. The number of rotatable bonds is 6. The first-order valence-electron chi connectivity index (χ1n) is 10.4. The molecule has 0 fully saturated rings. The molecule has 0 aliphatic rings. The molecule has 0 aliphatic heterocycles. The van der Waals surface area contributed by atoms with Gasteiger partial charge < -0.3 is 9.15 Å². The molecular weight excluding hydrogens is 598 g/mol. The number of nitrogens with zero attached hydrogens (tertiary/aromatic N) is 3. The van der Waals surface area contributed by atoms with E-state index in [1.165, 1.54) is 4.68 Å². The fourth-order valence-electron chi connectivity index (χ4n) is 3.57. The van der Waals surface area contributed by atoms with Gasteiger partial charge in [-0.25, -0.2) is 4.98 Å². The van der Waals surface area contributed by atoms with Crippen LogP contribution in [0.1, 0.15) is 5.56 Å². The number of ether oxygens (including phenoxy) is 1. The van der Waals surface area contributed by atoms with Crippen molar-refractivity contribution in [1.29, 1.82) is 0 Å². The molecule has 5 aromatic rings. The van der Waals surface area contributed by atoms with Gasteiger partial charge in [-0.1, -0.05) is 36.4 Å². The van der Waals surface area contributed by atoms with E-state index in [9.17, 15) is 4.79 Å². The topological polar surface area (TPSA) is 69.6 Å². The molecule has 0 spiro atoms. The predicted molar refractivity (Wildman–Crippen MR) is 147 cm³/mol. The largest absolute Gasteiger partial charge is 0.487 e. The highest BCUT2D eigenvalue weighted by molar-refractivity contribution is 9.11. The van der Waals surface area contributed by atoms with E-state index in [0.717, 1.165) is 19.9 Å². The number of fused-ring (bicyclic) bond motifs is 2. The highest BCUT2D eigenvalue weighted by atomic mass is 79.9. The third-order valence-electron chi connectivity index (χ3n) is 5.14. The third-order valence-corrected chi connectivity index (χ3v) is 6.55. The van der Waals surface area contributed by atoms with Crippen molar-refractivity contribution in [3.8, 4) is 17.3 Å². The van der Waals surface area contributed by atoms with Crippen molar-refractivity contribution in [2.45, 2.75) is 0 Å². The molecule has 9 heteroatoms. The van der Waals surface area contributed by atoms with Crippen LogP contribution in [0, 0.1) is 0 Å². The minimum Gasteiger partial charge on any atom is -0.487 e. The highest BCUT2D eigenvalue weighted by Crippen LogP contribution is 2.34. The predicted octanol–water partition coefficient (Wildman–Crippen LogP) is 7.44. The van der Waals surface area contributed by atoms with E-state index >= 15 is 0 Å². The number of hydrogen-bond donors (Lipinski definition) is 0. The lowest BCUT2D eigenvalue weighted by Crippen LogP contribution is -2.20. The van der Waals surface area contributed by atoms with Gasteiger partial charge in [-0.3, -0.25) is 4.79 Å². The molecule has 0 amide bonds. The fraction of sp³-hybridized carbons (Fsp3) is 0.0385. The molecule has 2 aromatic heterocycles. The smallest absolute Gasteiger partial charge is 0.282 e. The Morgan fingerprint density at radius 1 is 1.11 bits per heavy atom. The molecule has 0 saturated heterocycles. The Balaban J connectivity index is 1.65. The number of halogens is 3. The second-order valence-corrected chi connectivity index (χ2v) is 9.67. The monoisotopic (exact) mass is 611 g/mol. The molecule has 0 unspecified atom stereocenters. The Hall–Kier alpha value is -3.20. The zero-order valence-corrected chi connectivity index (χ0v) is 22.0. The molecule has 0 aliphatic carbocycles. The molecule has 0 radical (unpaired) electrons. The van der Waals surface area contributed by atoms with Gasteiger partial charge in [-0.05, 0) is 86.0 Å². The summed E-state index contributed by atoms with van der Waals surface area (Å²) in [6.07, 6.45) is 3.24. The van der Waals surface area contributed by atoms with Crippen LogP contribution in [-0.4, -0.2) is 22.5 Å². The fourth-order valence-corrected chi connectivity index (χ4v) is 5.20. The molecule has 174 valence electrons. The Bertz CT molecular complexity index is 1670. The Morgan fingerprint density at radius 3 is 2.66 bits per heavy atom. The summed E-state index contributed by atoms with van der Waals surface area (Å²) < 4.78 is 14.4. The first kappa shape index (κ1) is 23.5. The Labute approximate surface area is 221 Å². The van der Waals surface area contributed by atoms with E-state index in [1.54, 1.807) is 54.8 Å². The van der Waals surface area contributed by atoms with Gasteiger partial charge in [-0.15, -0.1) is 0 Å². The third kappa shape index (κ3) is 4.69. The molecule has 5 rings (SSSR count). The van der Waals surface area contributed by atoms with E-state index in [0.29, 0.717) is 39.6 Å². The lowest BCUT2D eigenvalue weighted by Gasteiger charge is -2.10. The Morgan fingerprint density at radius 2 is 1.89 bits per heavy atom. The zero-order valence-electron chi connectivity index (χ0n) is 18.0. The summed E-state index contributed by atoms with van der Waals surface area (Å²) in [4.78, 5) is 18.1. The van der Waals surface area contributed by atoms with Gasteiger partial charge >= 0.3 is 0 Å². The van der Waals surface area contributed by atoms with Gasteiger partial charge in [-0.2, -0.15) is 9.78 Å². The second kappa shape index (κ2) is 9.81. The van der Waals surface area contributed by atoms with E-state index in [-0.39, 0.29) is 11.4 Å². The van der Waals surface area contributed by atoms with Gasteiger partial charge in [0.05, 0.1) is 26.1 Å². The van der Waals surface area contributed by atoms with Gasteiger partial charge in [0.25, 0.3) is 5.56 Å². The molecular formula is C26H16Br2ClN3O3. The molecule has 0 atom stereocenters. The van der Waals surface area contributed by atoms with Crippen LogP contribution in [0.25, 0.3) is 33.5 Å². The van der Waals surface area contributed by atoms with Crippen molar-refractivity contribution in [3.05, 3.63) is 103 Å². The van der Waals surface area contributed by atoms with Crippen LogP contribution in [0.3, 0.4) is 0 Å². The van der Waals surface area contributed by atoms with Crippen LogP contribution in [0.2, 0.25) is 5.02 Å². The van der Waals surface area contributed by atoms with E-state index in [2.05, 4.69) is 43.5 Å². The Kier molecular flexibility index (Phi) is 6.60. The lowest BCUT2D eigenvalue weighted by atomic mass is 10.2. The molecule has 6 nitrogen and oxygen atoms in total. The van der Waals surface area contributed by atoms with Gasteiger partial charge in [0.2, 0.25) is 5.82 Å². The molecule has 0 N–H and O–H groups in total. The molecule has 0 bridgehead atoms. The van der Waals surface area contributed by atoms with Crippen LogP contribution in [0.15, 0.2) is 96.6 Å². The first-order valence-corrected chi connectivity index (χ1v) is 12.4. The SMILES string of the molecule is C=CCOc1c(Br)cc(C=Nn2c(-c3cc4cc(Cl)ccc4o3)nc3ccccc3c2=O)cc1Br. The highest BCUT2D eigenvalue weighted by Gasteiger charge is 2.17. The quantitative estimate of drug-likeness (QED) is 0.148. The maximum atomic E-state index is 13.4. The average Bonchev–Trinajstić information content (AvgIpc) is 3.26. The van der Waals surface area contributed by atoms with Crippen LogP contribution in [-0.2, 0) is 0 Å². The van der Waals surface area contributed by atoms with Crippen molar-refractivity contribution in [1.82, 2.24) is 9.66 Å². The summed E-state index contributed by atoms with van der Waals surface area (Å²) in [6, 6.07) is 17.9. The molecule has 2 heterocycles. The first-order chi connectivity index (χ1) is 16.9. The van der Waals surface area contributed by atoms with Crippen LogP contribution < -0.4 is 10.3 Å². The van der Waals surface area contributed by atoms with Crippen molar-refractivity contribution >= 4 is 71.5 Å². The number of furan rings is 1. The number of aromatic nitrogens is 2. The van der Waals surface area contributed by atoms with Crippen LogP contribution in [0.5, 0.6) is 5.75 Å². The minimum absolute atomic E-state index is 0.279. The van der Waals surface area contributed by atoms with E-state index in [1.807, 2.05) is 18.2 Å².